The highest BCUT2D eigenvalue weighted by Gasteiger charge is 2.21. The molecule has 94 valence electrons. The Kier molecular flexibility index (Phi) is 4.01. The van der Waals surface area contributed by atoms with Crippen LogP contribution >= 0.6 is 10.7 Å². The Morgan fingerprint density at radius 3 is 1.94 bits per heavy atom. The van der Waals surface area contributed by atoms with Gasteiger partial charge in [0.15, 0.2) is 9.84 Å². The molecule has 0 aliphatic carbocycles. The molecule has 0 fully saturated rings. The van der Waals surface area contributed by atoms with Gasteiger partial charge in [0.2, 0.25) is 9.05 Å². The largest absolute Gasteiger partial charge is 0.243 e. The van der Waals surface area contributed by atoms with Crippen LogP contribution in [0.5, 0.6) is 0 Å². The van der Waals surface area contributed by atoms with Crippen LogP contribution in [-0.4, -0.2) is 23.1 Å². The lowest BCUT2D eigenvalue weighted by Crippen LogP contribution is -2.05. The van der Waals surface area contributed by atoms with Gasteiger partial charge in [-0.25, -0.2) is 16.8 Å². The van der Waals surface area contributed by atoms with Crippen molar-refractivity contribution in [3.05, 3.63) is 42.5 Å². The number of hydrogen-bond acceptors (Lipinski definition) is 4. The lowest BCUT2D eigenvalue weighted by Gasteiger charge is -2.09. The molecule has 1 atom stereocenters. The molecule has 0 spiro atoms. The molecule has 0 radical (unpaired) electrons. The fraction of sp³-hybridized carbons (Fsp3) is 0.200. The molecule has 1 unspecified atom stereocenters. The van der Waals surface area contributed by atoms with Gasteiger partial charge in [0.25, 0.3) is 0 Å². The molecule has 1 aromatic carbocycles. The van der Waals surface area contributed by atoms with Gasteiger partial charge in [-0.2, -0.15) is 0 Å². The maximum Gasteiger partial charge on any atom is 0.243 e. The maximum absolute atomic E-state index is 11.2. The highest BCUT2D eigenvalue weighted by Crippen LogP contribution is 2.27. The SMILES string of the molecule is C=CC(c1ccc(S(C)(=O)=O)cc1)S(=O)(=O)Cl. The van der Waals surface area contributed by atoms with Crippen LogP contribution in [0.2, 0.25) is 0 Å². The van der Waals surface area contributed by atoms with Crippen LogP contribution in [0.3, 0.4) is 0 Å². The Labute approximate surface area is 105 Å². The van der Waals surface area contributed by atoms with Crippen molar-refractivity contribution in [2.45, 2.75) is 10.1 Å². The van der Waals surface area contributed by atoms with Gasteiger partial charge < -0.3 is 0 Å². The topological polar surface area (TPSA) is 68.3 Å². The van der Waals surface area contributed by atoms with Crippen LogP contribution in [0.15, 0.2) is 41.8 Å². The number of hydrogen-bond donors (Lipinski definition) is 0. The van der Waals surface area contributed by atoms with E-state index < -0.39 is 24.1 Å². The van der Waals surface area contributed by atoms with Crippen molar-refractivity contribution in [2.24, 2.45) is 0 Å². The molecule has 0 heterocycles. The van der Waals surface area contributed by atoms with Crippen LogP contribution < -0.4 is 0 Å². The summed E-state index contributed by atoms with van der Waals surface area (Å²) in [5, 5.41) is -1.04. The quantitative estimate of drug-likeness (QED) is 0.628. The monoisotopic (exact) mass is 294 g/mol. The van der Waals surface area contributed by atoms with Crippen molar-refractivity contribution in [3.8, 4) is 0 Å². The van der Waals surface area contributed by atoms with E-state index >= 15 is 0 Å². The van der Waals surface area contributed by atoms with Gasteiger partial charge in [0.1, 0.15) is 5.25 Å². The minimum Gasteiger partial charge on any atom is -0.224 e. The summed E-state index contributed by atoms with van der Waals surface area (Å²) < 4.78 is 44.9. The third-order valence-corrected chi connectivity index (χ3v) is 4.93. The highest BCUT2D eigenvalue weighted by atomic mass is 35.7. The van der Waals surface area contributed by atoms with E-state index in [0.29, 0.717) is 5.56 Å². The van der Waals surface area contributed by atoms with Crippen molar-refractivity contribution in [1.82, 2.24) is 0 Å². The fourth-order valence-corrected chi connectivity index (χ4v) is 3.19. The Balaban J connectivity index is 3.24. The van der Waals surface area contributed by atoms with Gasteiger partial charge in [0.05, 0.1) is 4.90 Å². The van der Waals surface area contributed by atoms with Crippen molar-refractivity contribution in [3.63, 3.8) is 0 Å². The molecule has 0 saturated heterocycles. The van der Waals surface area contributed by atoms with Gasteiger partial charge in [-0.1, -0.05) is 18.2 Å². The summed E-state index contributed by atoms with van der Waals surface area (Å²) in [5.74, 6) is 0. The molecule has 0 amide bonds. The Morgan fingerprint density at radius 2 is 1.65 bits per heavy atom. The van der Waals surface area contributed by atoms with Crippen molar-refractivity contribution < 1.29 is 16.8 Å². The average molecular weight is 295 g/mol. The molecule has 0 aromatic heterocycles. The first-order valence-corrected chi connectivity index (χ1v) is 8.78. The molecule has 1 aromatic rings. The first kappa shape index (κ1) is 14.2. The van der Waals surface area contributed by atoms with Gasteiger partial charge in [-0.3, -0.25) is 0 Å². The molecule has 0 aliphatic heterocycles. The molecular formula is C10H11ClO4S2. The minimum atomic E-state index is -3.81. The Hall–Kier alpha value is -0.850. The summed E-state index contributed by atoms with van der Waals surface area (Å²) in [7, 11) is -1.86. The van der Waals surface area contributed by atoms with Crippen molar-refractivity contribution in [2.75, 3.05) is 6.26 Å². The standard InChI is InChI=1S/C10H11ClO4S2/c1-3-10(17(11,14)15)8-4-6-9(7-5-8)16(2,12)13/h3-7,10H,1H2,2H3. The molecule has 0 bridgehead atoms. The summed E-state index contributed by atoms with van der Waals surface area (Å²) in [6.07, 6.45) is 2.27. The normalized spacial score (nSPS) is 14.2. The van der Waals surface area contributed by atoms with E-state index in [1.807, 2.05) is 0 Å². The van der Waals surface area contributed by atoms with E-state index in [2.05, 4.69) is 6.58 Å². The smallest absolute Gasteiger partial charge is 0.224 e. The molecule has 7 heteroatoms. The maximum atomic E-state index is 11.2. The van der Waals surface area contributed by atoms with Crippen LogP contribution in [0.25, 0.3) is 0 Å². The second kappa shape index (κ2) is 4.80. The summed E-state index contributed by atoms with van der Waals surface area (Å²) in [4.78, 5) is 0.121. The molecule has 0 aliphatic rings. The van der Waals surface area contributed by atoms with Crippen LogP contribution in [0.4, 0.5) is 0 Å². The lowest BCUT2D eigenvalue weighted by molar-refractivity contribution is 0.601. The van der Waals surface area contributed by atoms with E-state index in [1.54, 1.807) is 0 Å². The molecule has 17 heavy (non-hydrogen) atoms. The first-order valence-electron chi connectivity index (χ1n) is 4.52. The van der Waals surface area contributed by atoms with Gasteiger partial charge in [-0.15, -0.1) is 6.58 Å². The van der Waals surface area contributed by atoms with Crippen molar-refractivity contribution >= 4 is 29.6 Å². The van der Waals surface area contributed by atoms with Crippen LogP contribution in [-0.2, 0) is 18.9 Å². The summed E-state index contributed by atoms with van der Waals surface area (Å²) in [6, 6.07) is 5.48. The zero-order valence-electron chi connectivity index (χ0n) is 9.00. The molecule has 0 saturated carbocycles. The first-order chi connectivity index (χ1) is 7.66. The van der Waals surface area contributed by atoms with Crippen LogP contribution in [0.1, 0.15) is 10.8 Å². The van der Waals surface area contributed by atoms with Gasteiger partial charge >= 0.3 is 0 Å². The zero-order chi connectivity index (χ0) is 13.3. The van der Waals surface area contributed by atoms with E-state index in [9.17, 15) is 16.8 Å². The molecular weight excluding hydrogens is 284 g/mol. The number of rotatable bonds is 4. The van der Waals surface area contributed by atoms with Crippen molar-refractivity contribution in [1.29, 1.82) is 0 Å². The van der Waals surface area contributed by atoms with Gasteiger partial charge in [0, 0.05) is 16.9 Å². The fourth-order valence-electron chi connectivity index (χ4n) is 1.32. The lowest BCUT2D eigenvalue weighted by atomic mass is 10.1. The van der Waals surface area contributed by atoms with Crippen LogP contribution in [0, 0.1) is 0 Å². The zero-order valence-corrected chi connectivity index (χ0v) is 11.4. The van der Waals surface area contributed by atoms with E-state index in [0.717, 1.165) is 6.26 Å². The van der Waals surface area contributed by atoms with Gasteiger partial charge in [-0.05, 0) is 17.7 Å². The number of benzene rings is 1. The number of halogens is 1. The molecule has 0 N–H and O–H groups in total. The summed E-state index contributed by atoms with van der Waals surface area (Å²) in [6.45, 7) is 3.39. The van der Waals surface area contributed by atoms with E-state index in [4.69, 9.17) is 10.7 Å². The van der Waals surface area contributed by atoms with E-state index in [1.165, 1.54) is 30.3 Å². The average Bonchev–Trinajstić information content (AvgIpc) is 2.16. The summed E-state index contributed by atoms with van der Waals surface area (Å²) in [5.41, 5.74) is 0.377. The summed E-state index contributed by atoms with van der Waals surface area (Å²) >= 11 is 0. The second-order valence-corrected chi connectivity index (χ2v) is 8.24. The predicted molar refractivity (Wildman–Crippen MR) is 67.3 cm³/mol. The predicted octanol–water partition coefficient (Wildman–Crippen LogP) is 1.89. The second-order valence-electron chi connectivity index (χ2n) is 3.47. The molecule has 4 nitrogen and oxygen atoms in total. The van der Waals surface area contributed by atoms with E-state index in [-0.39, 0.29) is 4.90 Å². The third-order valence-electron chi connectivity index (χ3n) is 2.15. The Morgan fingerprint density at radius 1 is 1.18 bits per heavy atom. The molecule has 1 rings (SSSR count). The highest BCUT2D eigenvalue weighted by molar-refractivity contribution is 8.14. The minimum absolute atomic E-state index is 0.121. The Bertz CT molecular complexity index is 615. The number of sulfone groups is 1. The third kappa shape index (κ3) is 3.55.